The summed E-state index contributed by atoms with van der Waals surface area (Å²) in [4.78, 5) is 20.6. The van der Waals surface area contributed by atoms with Gasteiger partial charge in [0.1, 0.15) is 22.8 Å². The summed E-state index contributed by atoms with van der Waals surface area (Å²) in [6.45, 7) is -0.917. The second-order valence-corrected chi connectivity index (χ2v) is 10.7. The zero-order valence-electron chi connectivity index (χ0n) is 19.6. The number of methoxy groups -OCH3 is 1. The molecule has 1 aliphatic carbocycles. The molecule has 0 aliphatic heterocycles. The van der Waals surface area contributed by atoms with Crippen molar-refractivity contribution < 1.29 is 31.8 Å². The van der Waals surface area contributed by atoms with Crippen molar-refractivity contribution in [1.82, 2.24) is 18.9 Å². The number of carboxylic acids is 1. The van der Waals surface area contributed by atoms with E-state index in [-0.39, 0.29) is 15.7 Å². The number of aromatic nitrogens is 4. The van der Waals surface area contributed by atoms with Gasteiger partial charge in [-0.1, -0.05) is 0 Å². The highest BCUT2D eigenvalue weighted by atomic mass is 32.2. The summed E-state index contributed by atoms with van der Waals surface area (Å²) < 4.78 is 60.3. The molecule has 0 saturated heterocycles. The summed E-state index contributed by atoms with van der Waals surface area (Å²) in [6, 6.07) is 7.48. The average molecular weight is 520 g/mol. The number of anilines is 1. The first-order chi connectivity index (χ1) is 17.0. The molecule has 0 bridgehead atoms. The zero-order chi connectivity index (χ0) is 25.9. The summed E-state index contributed by atoms with van der Waals surface area (Å²) in [7, 11) is -2.83. The Morgan fingerprint density at radius 1 is 1.25 bits per heavy atom. The summed E-state index contributed by atoms with van der Waals surface area (Å²) in [5.74, 6) is -0.822. The zero-order valence-corrected chi connectivity index (χ0v) is 20.5. The van der Waals surface area contributed by atoms with Gasteiger partial charge in [0.15, 0.2) is 5.88 Å². The van der Waals surface area contributed by atoms with Crippen LogP contribution in [0.5, 0.6) is 5.88 Å². The van der Waals surface area contributed by atoms with Crippen LogP contribution in [0.15, 0.2) is 30.3 Å². The fourth-order valence-electron chi connectivity index (χ4n) is 4.39. The van der Waals surface area contributed by atoms with E-state index >= 15 is 0 Å². The average Bonchev–Trinajstić information content (AvgIpc) is 3.47. The Kier molecular flexibility index (Phi) is 5.62. The predicted octanol–water partition coefficient (Wildman–Crippen LogP) is 3.76. The van der Waals surface area contributed by atoms with E-state index in [0.29, 0.717) is 58.4 Å². The van der Waals surface area contributed by atoms with Crippen LogP contribution in [0.2, 0.25) is 0 Å². The molecule has 1 N–H and O–H groups in total. The molecule has 1 saturated carbocycles. The lowest BCUT2D eigenvalue weighted by molar-refractivity contribution is 0.0696. The molecule has 4 aromatic rings. The van der Waals surface area contributed by atoms with E-state index in [1.165, 1.54) is 25.3 Å². The van der Waals surface area contributed by atoms with Gasteiger partial charge in [0.05, 0.1) is 30.3 Å². The Morgan fingerprint density at radius 2 is 1.97 bits per heavy atom. The number of rotatable bonds is 8. The first-order valence-corrected chi connectivity index (χ1v) is 12.9. The van der Waals surface area contributed by atoms with Gasteiger partial charge < -0.3 is 14.4 Å². The van der Waals surface area contributed by atoms with E-state index < -0.39 is 22.5 Å². The highest BCUT2D eigenvalue weighted by Gasteiger charge is 2.30. The molecule has 5 rings (SSSR count). The molecule has 0 atom stereocenters. The molecule has 4 heterocycles. The van der Waals surface area contributed by atoms with Crippen LogP contribution in [-0.4, -0.2) is 58.3 Å². The fourth-order valence-corrected chi connectivity index (χ4v) is 5.12. The number of pyridine rings is 2. The maximum Gasteiger partial charge on any atom is 0.336 e. The van der Waals surface area contributed by atoms with Crippen LogP contribution in [-0.2, 0) is 16.6 Å². The number of nitrogens with zero attached hydrogens (tertiary/aromatic N) is 5. The number of sulfonamides is 1. The largest absolute Gasteiger partial charge is 0.482 e. The second-order valence-electron chi connectivity index (χ2n) is 8.83. The van der Waals surface area contributed by atoms with Crippen molar-refractivity contribution in [3.8, 4) is 17.3 Å². The summed E-state index contributed by atoms with van der Waals surface area (Å²) >= 11 is 0. The molecular formula is C23H23F2N5O5S. The maximum absolute atomic E-state index is 13.6. The topological polar surface area (TPSA) is 119 Å². The minimum atomic E-state index is -4.26. The van der Waals surface area contributed by atoms with Gasteiger partial charge >= 0.3 is 12.5 Å². The third-order valence-electron chi connectivity index (χ3n) is 6.24. The maximum atomic E-state index is 13.6. The lowest BCUT2D eigenvalue weighted by atomic mass is 10.2. The van der Waals surface area contributed by atoms with Gasteiger partial charge in [0, 0.05) is 18.0 Å². The van der Waals surface area contributed by atoms with Crippen molar-refractivity contribution >= 4 is 38.5 Å². The second kappa shape index (κ2) is 8.43. The van der Waals surface area contributed by atoms with E-state index in [1.807, 2.05) is 17.6 Å². The normalized spacial score (nSPS) is 14.2. The molecular weight excluding hydrogens is 496 g/mol. The number of hydrogen-bond donors (Lipinski definition) is 1. The number of aryl methyl sites for hydroxylation is 1. The number of imidazole rings is 1. The number of halogens is 2. The van der Waals surface area contributed by atoms with Crippen LogP contribution < -0.4 is 9.04 Å². The monoisotopic (exact) mass is 519 g/mol. The number of carbonyl (C=O) groups is 1. The number of ether oxygens (including phenoxy) is 1. The van der Waals surface area contributed by atoms with Crippen molar-refractivity contribution in [2.24, 2.45) is 5.92 Å². The molecule has 4 aromatic heterocycles. The van der Waals surface area contributed by atoms with E-state index in [0.717, 1.165) is 12.8 Å². The minimum Gasteiger partial charge on any atom is -0.482 e. The molecule has 0 aromatic carbocycles. The van der Waals surface area contributed by atoms with Crippen LogP contribution in [0.4, 0.5) is 14.6 Å². The fraction of sp³-hybridized carbons (Fsp3) is 0.348. The Hall–Kier alpha value is -3.74. The van der Waals surface area contributed by atoms with Crippen LogP contribution in [0.25, 0.3) is 28.1 Å². The van der Waals surface area contributed by atoms with E-state index in [1.54, 1.807) is 10.5 Å². The number of aromatic carboxylic acids is 1. The molecule has 0 radical (unpaired) electrons. The molecule has 1 fully saturated rings. The predicted molar refractivity (Wildman–Crippen MR) is 128 cm³/mol. The summed E-state index contributed by atoms with van der Waals surface area (Å²) in [5, 5.41) is 10.1. The van der Waals surface area contributed by atoms with Crippen molar-refractivity contribution in [2.45, 2.75) is 32.9 Å². The Labute approximate surface area is 204 Å². The number of fused-ring (bicyclic) bond motifs is 2. The molecule has 0 amide bonds. The molecule has 0 unspecified atom stereocenters. The van der Waals surface area contributed by atoms with E-state index in [4.69, 9.17) is 4.74 Å². The third-order valence-corrected chi connectivity index (χ3v) is 7.30. The quantitative estimate of drug-likeness (QED) is 0.352. The standard InChI is InChI=1S/C23H23F2N5O5S/c1-12-20(26-18-9-15(22(31)32)10-19(35-2)29(12)18)16-8-14-6-7-17(30(23(24)25)36(3,33)34)27-21(14)28(16)11-13-4-5-13/h6-10,13,23H,4-5,11H2,1-3H3,(H,31,32). The van der Waals surface area contributed by atoms with E-state index in [9.17, 15) is 27.1 Å². The Bertz CT molecular complexity index is 1630. The van der Waals surface area contributed by atoms with Crippen LogP contribution in [0, 0.1) is 12.8 Å². The van der Waals surface area contributed by atoms with Gasteiger partial charge in [0.25, 0.3) is 0 Å². The van der Waals surface area contributed by atoms with Crippen molar-refractivity contribution in [1.29, 1.82) is 0 Å². The van der Waals surface area contributed by atoms with E-state index in [2.05, 4.69) is 9.97 Å². The first kappa shape index (κ1) is 24.0. The minimum absolute atomic E-state index is 0.00492. The number of carboxylic acid groups (broad SMARTS) is 1. The van der Waals surface area contributed by atoms with Crippen LogP contribution in [0.1, 0.15) is 28.9 Å². The van der Waals surface area contributed by atoms with Crippen molar-refractivity contribution in [3.05, 3.63) is 41.6 Å². The Balaban J connectivity index is 1.74. The first-order valence-electron chi connectivity index (χ1n) is 11.1. The van der Waals surface area contributed by atoms with Gasteiger partial charge in [0.2, 0.25) is 10.0 Å². The number of alkyl halides is 2. The van der Waals surface area contributed by atoms with Gasteiger partial charge in [-0.15, -0.1) is 0 Å². The van der Waals surface area contributed by atoms with Gasteiger partial charge in [-0.2, -0.15) is 13.1 Å². The Morgan fingerprint density at radius 3 is 2.56 bits per heavy atom. The summed E-state index contributed by atoms with van der Waals surface area (Å²) in [5.41, 5.74) is 2.64. The highest BCUT2D eigenvalue weighted by molar-refractivity contribution is 7.92. The molecule has 36 heavy (non-hydrogen) atoms. The third kappa shape index (κ3) is 4.02. The van der Waals surface area contributed by atoms with Gasteiger partial charge in [-0.3, -0.25) is 4.40 Å². The van der Waals surface area contributed by atoms with Gasteiger partial charge in [-0.05, 0) is 49.9 Å². The lowest BCUT2D eigenvalue weighted by Gasteiger charge is -2.20. The molecule has 10 nitrogen and oxygen atoms in total. The molecule has 1 aliphatic rings. The van der Waals surface area contributed by atoms with Crippen molar-refractivity contribution in [2.75, 3.05) is 17.7 Å². The molecule has 13 heteroatoms. The number of hydrogen-bond acceptors (Lipinski definition) is 6. The van der Waals surface area contributed by atoms with Crippen molar-refractivity contribution in [3.63, 3.8) is 0 Å². The summed E-state index contributed by atoms with van der Waals surface area (Å²) in [6.07, 6.45) is 2.72. The van der Waals surface area contributed by atoms with Crippen LogP contribution in [0.3, 0.4) is 0 Å². The molecule has 190 valence electrons. The highest BCUT2D eigenvalue weighted by Crippen LogP contribution is 2.38. The lowest BCUT2D eigenvalue weighted by Crippen LogP contribution is -2.35. The van der Waals surface area contributed by atoms with Gasteiger partial charge in [-0.25, -0.2) is 23.2 Å². The van der Waals surface area contributed by atoms with Crippen LogP contribution >= 0.6 is 0 Å². The smallest absolute Gasteiger partial charge is 0.336 e. The SMILES string of the molecule is COc1cc(C(=O)O)cc2nc(-c3cc4ccc(N(C(F)F)S(C)(=O)=O)nc4n3CC3CC3)c(C)n12. The molecule has 0 spiro atoms.